The van der Waals surface area contributed by atoms with Crippen molar-refractivity contribution in [1.29, 1.82) is 0 Å². The molecule has 2 aliphatic carbocycles. The van der Waals surface area contributed by atoms with Gasteiger partial charge < -0.3 is 10.1 Å². The molecule has 15 heavy (non-hydrogen) atoms. The number of aliphatic imine (C=N–C) groups is 1. The molecule has 0 amide bonds. The van der Waals surface area contributed by atoms with Gasteiger partial charge in [-0.3, -0.25) is 4.99 Å². The van der Waals surface area contributed by atoms with Gasteiger partial charge in [-0.2, -0.15) is 0 Å². The molecular weight excluding hydrogens is 208 g/mol. The standard InChI is InChI=1S/C11H16N2OS/c1-2-13-11(12-1)15-5-7-3-6-4-8(7)10-9(6)14-10/h6-10H,1-5H2,(H,12,13). The van der Waals surface area contributed by atoms with Crippen LogP contribution in [-0.4, -0.2) is 36.2 Å². The summed E-state index contributed by atoms with van der Waals surface area (Å²) in [6, 6.07) is 0. The highest BCUT2D eigenvalue weighted by Gasteiger charge is 2.62. The first-order valence-corrected chi connectivity index (χ1v) is 6.97. The summed E-state index contributed by atoms with van der Waals surface area (Å²) in [5, 5.41) is 4.50. The molecule has 0 radical (unpaired) electrons. The second-order valence-electron chi connectivity index (χ2n) is 5.15. The Labute approximate surface area is 94.0 Å². The number of hydrogen-bond donors (Lipinski definition) is 1. The Balaban J connectivity index is 1.35. The van der Waals surface area contributed by atoms with Crippen LogP contribution in [-0.2, 0) is 4.74 Å². The predicted octanol–water partition coefficient (Wildman–Crippen LogP) is 1.10. The molecule has 3 nitrogen and oxygen atoms in total. The minimum absolute atomic E-state index is 0.660. The number of hydrogen-bond acceptors (Lipinski definition) is 4. The fourth-order valence-corrected chi connectivity index (χ4v) is 4.72. The summed E-state index contributed by atoms with van der Waals surface area (Å²) in [5.74, 6) is 3.94. The van der Waals surface area contributed by atoms with Gasteiger partial charge in [0.2, 0.25) is 0 Å². The lowest BCUT2D eigenvalue weighted by atomic mass is 9.90. The molecule has 1 N–H and O–H groups in total. The van der Waals surface area contributed by atoms with E-state index in [0.717, 1.165) is 30.8 Å². The largest absolute Gasteiger partial charge is 0.369 e. The average molecular weight is 224 g/mol. The van der Waals surface area contributed by atoms with Gasteiger partial charge >= 0.3 is 0 Å². The van der Waals surface area contributed by atoms with Crippen molar-refractivity contribution in [2.45, 2.75) is 25.0 Å². The maximum Gasteiger partial charge on any atom is 0.156 e. The Kier molecular flexibility index (Phi) is 1.86. The molecule has 4 heteroatoms. The predicted molar refractivity (Wildman–Crippen MR) is 61.1 cm³/mol. The molecule has 4 aliphatic rings. The normalized spacial score (nSPS) is 50.1. The van der Waals surface area contributed by atoms with Gasteiger partial charge in [-0.15, -0.1) is 0 Å². The molecule has 2 saturated carbocycles. The van der Waals surface area contributed by atoms with Crippen molar-refractivity contribution in [2.75, 3.05) is 18.8 Å². The lowest BCUT2D eigenvalue weighted by Crippen LogP contribution is -2.22. The van der Waals surface area contributed by atoms with Gasteiger partial charge in [-0.05, 0) is 30.6 Å². The molecule has 0 aromatic heterocycles. The smallest absolute Gasteiger partial charge is 0.156 e. The van der Waals surface area contributed by atoms with Gasteiger partial charge in [-0.25, -0.2) is 0 Å². The van der Waals surface area contributed by atoms with Gasteiger partial charge in [0.15, 0.2) is 5.17 Å². The Bertz CT molecular complexity index is 320. The number of thioether (sulfide) groups is 1. The summed E-state index contributed by atoms with van der Waals surface area (Å²) in [6.45, 7) is 2.00. The summed E-state index contributed by atoms with van der Waals surface area (Å²) in [6.07, 6.45) is 4.19. The molecule has 1 saturated heterocycles. The Morgan fingerprint density at radius 3 is 3.13 bits per heavy atom. The van der Waals surface area contributed by atoms with E-state index < -0.39 is 0 Å². The van der Waals surface area contributed by atoms with Gasteiger partial charge in [0, 0.05) is 12.3 Å². The monoisotopic (exact) mass is 224 g/mol. The summed E-state index contributed by atoms with van der Waals surface area (Å²) in [4.78, 5) is 4.43. The van der Waals surface area contributed by atoms with Crippen LogP contribution in [0.3, 0.4) is 0 Å². The SMILES string of the molecule is C1CNC(SCC2CC3CC2C2OC32)=N1. The third-order valence-corrected chi connectivity index (χ3v) is 5.45. The molecule has 4 rings (SSSR count). The summed E-state index contributed by atoms with van der Waals surface area (Å²) >= 11 is 1.92. The summed E-state index contributed by atoms with van der Waals surface area (Å²) < 4.78 is 5.69. The van der Waals surface area contributed by atoms with Crippen LogP contribution in [0.1, 0.15) is 12.8 Å². The minimum Gasteiger partial charge on any atom is -0.369 e. The van der Waals surface area contributed by atoms with Crippen molar-refractivity contribution in [2.24, 2.45) is 22.7 Å². The summed E-state index contributed by atoms with van der Waals surface area (Å²) in [7, 11) is 0. The highest BCUT2D eigenvalue weighted by atomic mass is 32.2. The number of fused-ring (bicyclic) bond motifs is 5. The van der Waals surface area contributed by atoms with Crippen molar-refractivity contribution in [3.8, 4) is 0 Å². The highest BCUT2D eigenvalue weighted by molar-refractivity contribution is 8.13. The average Bonchev–Trinajstić information content (AvgIpc) is 2.67. The van der Waals surface area contributed by atoms with Gasteiger partial charge in [0.05, 0.1) is 18.8 Å². The molecule has 0 aromatic carbocycles. The topological polar surface area (TPSA) is 36.9 Å². The van der Waals surface area contributed by atoms with E-state index >= 15 is 0 Å². The maximum absolute atomic E-state index is 5.69. The van der Waals surface area contributed by atoms with Crippen LogP contribution in [0.4, 0.5) is 0 Å². The fraction of sp³-hybridized carbons (Fsp3) is 0.909. The molecule has 2 aliphatic heterocycles. The first kappa shape index (κ1) is 8.88. The van der Waals surface area contributed by atoms with Crippen LogP contribution in [0.5, 0.6) is 0 Å². The number of nitrogens with one attached hydrogen (secondary N) is 1. The van der Waals surface area contributed by atoms with E-state index in [4.69, 9.17) is 4.74 Å². The molecular formula is C11H16N2OS. The van der Waals surface area contributed by atoms with Crippen molar-refractivity contribution in [3.63, 3.8) is 0 Å². The lowest BCUT2D eigenvalue weighted by molar-refractivity contribution is 0.255. The van der Waals surface area contributed by atoms with E-state index in [1.165, 1.54) is 23.8 Å². The van der Waals surface area contributed by atoms with Crippen LogP contribution in [0, 0.1) is 17.8 Å². The fourth-order valence-electron chi connectivity index (χ4n) is 3.58. The number of amidine groups is 1. The number of ether oxygens (including phenoxy) is 1. The molecule has 5 unspecified atom stereocenters. The Hall–Kier alpha value is -0.220. The molecule has 2 heterocycles. The number of rotatable bonds is 2. The second kappa shape index (κ2) is 3.14. The first-order valence-electron chi connectivity index (χ1n) is 5.98. The van der Waals surface area contributed by atoms with Gasteiger partial charge in [0.25, 0.3) is 0 Å². The van der Waals surface area contributed by atoms with Crippen molar-refractivity contribution >= 4 is 16.9 Å². The third-order valence-electron chi connectivity index (χ3n) is 4.31. The zero-order valence-electron chi connectivity index (χ0n) is 8.69. The first-order chi connectivity index (χ1) is 7.42. The molecule has 0 spiro atoms. The van der Waals surface area contributed by atoms with E-state index in [0.29, 0.717) is 12.2 Å². The zero-order chi connectivity index (χ0) is 9.83. The zero-order valence-corrected chi connectivity index (χ0v) is 9.50. The third kappa shape index (κ3) is 1.34. The summed E-state index contributed by atoms with van der Waals surface area (Å²) in [5.41, 5.74) is 0. The van der Waals surface area contributed by atoms with Crippen molar-refractivity contribution in [1.82, 2.24) is 5.32 Å². The van der Waals surface area contributed by atoms with E-state index in [-0.39, 0.29) is 0 Å². The van der Waals surface area contributed by atoms with Crippen LogP contribution < -0.4 is 5.32 Å². The highest BCUT2D eigenvalue weighted by Crippen LogP contribution is 2.59. The Morgan fingerprint density at radius 2 is 2.40 bits per heavy atom. The van der Waals surface area contributed by atoms with Crippen LogP contribution in [0.25, 0.3) is 0 Å². The van der Waals surface area contributed by atoms with E-state index in [1.807, 2.05) is 11.8 Å². The van der Waals surface area contributed by atoms with E-state index in [2.05, 4.69) is 10.3 Å². The quantitative estimate of drug-likeness (QED) is 0.714. The maximum atomic E-state index is 5.69. The molecule has 0 aromatic rings. The lowest BCUT2D eigenvalue weighted by Gasteiger charge is -2.18. The molecule has 3 fully saturated rings. The van der Waals surface area contributed by atoms with Crippen LogP contribution in [0.2, 0.25) is 0 Å². The van der Waals surface area contributed by atoms with Gasteiger partial charge in [0.1, 0.15) is 0 Å². The van der Waals surface area contributed by atoms with E-state index in [9.17, 15) is 0 Å². The Morgan fingerprint density at radius 1 is 1.40 bits per heavy atom. The van der Waals surface area contributed by atoms with Crippen molar-refractivity contribution in [3.05, 3.63) is 0 Å². The van der Waals surface area contributed by atoms with Gasteiger partial charge in [-0.1, -0.05) is 11.8 Å². The molecule has 5 atom stereocenters. The van der Waals surface area contributed by atoms with E-state index in [1.54, 1.807) is 0 Å². The molecule has 2 bridgehead atoms. The van der Waals surface area contributed by atoms with Crippen molar-refractivity contribution < 1.29 is 4.74 Å². The van der Waals surface area contributed by atoms with Crippen LogP contribution >= 0.6 is 11.8 Å². The number of nitrogens with zero attached hydrogens (tertiary/aromatic N) is 1. The van der Waals surface area contributed by atoms with Crippen LogP contribution in [0.15, 0.2) is 4.99 Å². The second-order valence-corrected chi connectivity index (χ2v) is 6.15. The minimum atomic E-state index is 0.660. The number of epoxide rings is 1. The molecule has 82 valence electrons.